The molecule has 1 aromatic heterocycles. The number of hydrogen-bond acceptors (Lipinski definition) is 3. The minimum Gasteiger partial charge on any atom is -0.478 e. The SMILES string of the molecule is O=C(O)/C=C/C1(c2ccc3[nH]c(=O)[nH]c3c2)COC1. The van der Waals surface area contributed by atoms with E-state index in [4.69, 9.17) is 9.84 Å². The lowest BCUT2D eigenvalue weighted by Crippen LogP contribution is -2.45. The first kappa shape index (κ1) is 11.7. The minimum atomic E-state index is -0.984. The van der Waals surface area contributed by atoms with Gasteiger partial charge in [-0.2, -0.15) is 0 Å². The molecule has 2 heterocycles. The predicted octanol–water partition coefficient (Wildman–Crippen LogP) is 0.765. The van der Waals surface area contributed by atoms with Gasteiger partial charge in [-0.3, -0.25) is 0 Å². The summed E-state index contributed by atoms with van der Waals surface area (Å²) >= 11 is 0. The van der Waals surface area contributed by atoms with Crippen molar-refractivity contribution in [2.24, 2.45) is 0 Å². The molecule has 3 rings (SSSR count). The van der Waals surface area contributed by atoms with E-state index in [0.29, 0.717) is 18.7 Å². The minimum absolute atomic E-state index is 0.257. The molecule has 1 saturated heterocycles. The van der Waals surface area contributed by atoms with Crippen LogP contribution in [0.25, 0.3) is 11.0 Å². The Morgan fingerprint density at radius 1 is 1.32 bits per heavy atom. The maximum Gasteiger partial charge on any atom is 0.328 e. The second-order valence-electron chi connectivity index (χ2n) is 4.66. The lowest BCUT2D eigenvalue weighted by atomic mass is 9.78. The molecule has 1 aromatic carbocycles. The first-order valence-corrected chi connectivity index (χ1v) is 5.82. The maximum absolute atomic E-state index is 11.2. The summed E-state index contributed by atoms with van der Waals surface area (Å²) in [4.78, 5) is 27.2. The number of aromatic amines is 2. The number of carboxylic acid groups (broad SMARTS) is 1. The Balaban J connectivity index is 2.05. The highest BCUT2D eigenvalue weighted by Gasteiger charge is 2.38. The summed E-state index contributed by atoms with van der Waals surface area (Å²) in [7, 11) is 0. The Labute approximate surface area is 107 Å². The molecule has 0 unspecified atom stereocenters. The van der Waals surface area contributed by atoms with Gasteiger partial charge >= 0.3 is 11.7 Å². The summed E-state index contributed by atoms with van der Waals surface area (Å²) in [6.07, 6.45) is 2.78. The number of hydrogen-bond donors (Lipinski definition) is 3. The molecule has 1 aliphatic rings. The number of benzene rings is 1. The second kappa shape index (κ2) is 4.10. The summed E-state index contributed by atoms with van der Waals surface area (Å²) < 4.78 is 5.22. The molecule has 19 heavy (non-hydrogen) atoms. The van der Waals surface area contributed by atoms with Crippen LogP contribution in [0.15, 0.2) is 35.1 Å². The van der Waals surface area contributed by atoms with Crippen LogP contribution in [0, 0.1) is 0 Å². The van der Waals surface area contributed by atoms with Crippen molar-refractivity contribution in [2.75, 3.05) is 13.2 Å². The fraction of sp³-hybridized carbons (Fsp3) is 0.231. The van der Waals surface area contributed by atoms with Crippen LogP contribution < -0.4 is 5.69 Å². The van der Waals surface area contributed by atoms with Gasteiger partial charge in [0.05, 0.1) is 29.7 Å². The monoisotopic (exact) mass is 260 g/mol. The van der Waals surface area contributed by atoms with Crippen molar-refractivity contribution in [1.82, 2.24) is 9.97 Å². The number of aliphatic carboxylic acids is 1. The molecule has 2 aromatic rings. The molecule has 3 N–H and O–H groups in total. The van der Waals surface area contributed by atoms with Crippen LogP contribution in [0.2, 0.25) is 0 Å². The van der Waals surface area contributed by atoms with E-state index in [2.05, 4.69) is 9.97 Å². The zero-order chi connectivity index (χ0) is 13.5. The van der Waals surface area contributed by atoms with Crippen LogP contribution >= 0.6 is 0 Å². The topological polar surface area (TPSA) is 95.2 Å². The third-order valence-electron chi connectivity index (χ3n) is 3.36. The van der Waals surface area contributed by atoms with E-state index in [0.717, 1.165) is 17.2 Å². The molecule has 0 saturated carbocycles. The average Bonchev–Trinajstić information content (AvgIpc) is 2.66. The molecule has 6 nitrogen and oxygen atoms in total. The number of fused-ring (bicyclic) bond motifs is 1. The van der Waals surface area contributed by atoms with E-state index in [1.807, 2.05) is 12.1 Å². The van der Waals surface area contributed by atoms with Gasteiger partial charge in [-0.05, 0) is 17.7 Å². The molecule has 6 heteroatoms. The second-order valence-corrected chi connectivity index (χ2v) is 4.66. The van der Waals surface area contributed by atoms with Gasteiger partial charge in [0.15, 0.2) is 0 Å². The zero-order valence-electron chi connectivity index (χ0n) is 9.97. The van der Waals surface area contributed by atoms with Gasteiger partial charge in [0.25, 0.3) is 0 Å². The van der Waals surface area contributed by atoms with Gasteiger partial charge in [0.2, 0.25) is 0 Å². The summed E-state index contributed by atoms with van der Waals surface area (Å²) in [5.74, 6) is -0.984. The summed E-state index contributed by atoms with van der Waals surface area (Å²) in [6.45, 7) is 0.883. The zero-order valence-corrected chi connectivity index (χ0v) is 9.97. The lowest BCUT2D eigenvalue weighted by molar-refractivity contribution is -0.131. The highest BCUT2D eigenvalue weighted by molar-refractivity contribution is 5.80. The Hall–Kier alpha value is -2.34. The molecule has 0 aliphatic carbocycles. The van der Waals surface area contributed by atoms with Crippen LogP contribution in [0.1, 0.15) is 5.56 Å². The normalized spacial score (nSPS) is 17.7. The van der Waals surface area contributed by atoms with Gasteiger partial charge in [0, 0.05) is 6.08 Å². The molecule has 1 fully saturated rings. The summed E-state index contributed by atoms with van der Waals surface area (Å²) in [5, 5.41) is 8.74. The molecule has 1 aliphatic heterocycles. The van der Waals surface area contributed by atoms with Crippen LogP contribution in [0.3, 0.4) is 0 Å². The standard InChI is InChI=1S/C13H12N2O4/c16-11(17)3-4-13(6-19-7-13)8-1-2-9-10(5-8)15-12(18)14-9/h1-5H,6-7H2,(H,16,17)(H2,14,15,18)/b4-3+. The van der Waals surface area contributed by atoms with Crippen molar-refractivity contribution < 1.29 is 14.6 Å². The van der Waals surface area contributed by atoms with Crippen molar-refractivity contribution in [3.05, 3.63) is 46.4 Å². The predicted molar refractivity (Wildman–Crippen MR) is 68.2 cm³/mol. The average molecular weight is 260 g/mol. The Morgan fingerprint density at radius 2 is 2.05 bits per heavy atom. The molecule has 0 spiro atoms. The Bertz CT molecular complexity index is 722. The number of carbonyl (C=O) groups is 1. The molecular weight excluding hydrogens is 248 g/mol. The van der Waals surface area contributed by atoms with Crippen LogP contribution in [-0.2, 0) is 14.9 Å². The van der Waals surface area contributed by atoms with E-state index >= 15 is 0 Å². The van der Waals surface area contributed by atoms with Crippen molar-refractivity contribution in [3.63, 3.8) is 0 Å². The van der Waals surface area contributed by atoms with Crippen LogP contribution in [-0.4, -0.2) is 34.3 Å². The molecule has 0 radical (unpaired) electrons. The first-order valence-electron chi connectivity index (χ1n) is 5.82. The highest BCUT2D eigenvalue weighted by Crippen LogP contribution is 2.34. The number of H-pyrrole nitrogens is 2. The maximum atomic E-state index is 11.2. The highest BCUT2D eigenvalue weighted by atomic mass is 16.5. The third kappa shape index (κ3) is 1.96. The molecule has 98 valence electrons. The van der Waals surface area contributed by atoms with E-state index in [-0.39, 0.29) is 5.69 Å². The summed E-state index contributed by atoms with van der Waals surface area (Å²) in [6, 6.07) is 5.53. The third-order valence-corrected chi connectivity index (χ3v) is 3.36. The Kier molecular flexibility index (Phi) is 2.53. The van der Waals surface area contributed by atoms with E-state index in [9.17, 15) is 9.59 Å². The first-order chi connectivity index (χ1) is 9.09. The van der Waals surface area contributed by atoms with Gasteiger partial charge in [0.1, 0.15) is 0 Å². The van der Waals surface area contributed by atoms with E-state index in [1.165, 1.54) is 0 Å². The van der Waals surface area contributed by atoms with Crippen LogP contribution in [0.5, 0.6) is 0 Å². The van der Waals surface area contributed by atoms with E-state index in [1.54, 1.807) is 12.1 Å². The van der Waals surface area contributed by atoms with Crippen molar-refractivity contribution in [2.45, 2.75) is 5.41 Å². The largest absolute Gasteiger partial charge is 0.478 e. The molecule has 0 atom stereocenters. The van der Waals surface area contributed by atoms with E-state index < -0.39 is 11.4 Å². The van der Waals surface area contributed by atoms with Crippen molar-refractivity contribution >= 4 is 17.0 Å². The van der Waals surface area contributed by atoms with Gasteiger partial charge < -0.3 is 19.8 Å². The fourth-order valence-electron chi connectivity index (χ4n) is 2.25. The Morgan fingerprint density at radius 3 is 2.68 bits per heavy atom. The fourth-order valence-corrected chi connectivity index (χ4v) is 2.25. The number of ether oxygens (including phenoxy) is 1. The number of nitrogens with one attached hydrogen (secondary N) is 2. The molecule has 0 bridgehead atoms. The number of imidazole rings is 1. The molecule has 0 amide bonds. The number of rotatable bonds is 3. The smallest absolute Gasteiger partial charge is 0.328 e. The van der Waals surface area contributed by atoms with Gasteiger partial charge in [-0.1, -0.05) is 12.1 Å². The van der Waals surface area contributed by atoms with Gasteiger partial charge in [-0.25, -0.2) is 9.59 Å². The van der Waals surface area contributed by atoms with Gasteiger partial charge in [-0.15, -0.1) is 0 Å². The van der Waals surface area contributed by atoms with Crippen molar-refractivity contribution in [1.29, 1.82) is 0 Å². The van der Waals surface area contributed by atoms with Crippen molar-refractivity contribution in [3.8, 4) is 0 Å². The van der Waals surface area contributed by atoms with Crippen LogP contribution in [0.4, 0.5) is 0 Å². The molecular formula is C13H12N2O4. The quantitative estimate of drug-likeness (QED) is 0.710. The number of carboxylic acids is 1. The number of aromatic nitrogens is 2. The summed E-state index contributed by atoms with van der Waals surface area (Å²) in [5.41, 5.74) is 1.69. The lowest BCUT2D eigenvalue weighted by Gasteiger charge is -2.39.